The van der Waals surface area contributed by atoms with Gasteiger partial charge in [-0.25, -0.2) is 13.1 Å². The third-order valence-corrected chi connectivity index (χ3v) is 6.15. The molecule has 0 aromatic heterocycles. The van der Waals surface area contributed by atoms with Crippen molar-refractivity contribution in [2.45, 2.75) is 22.5 Å². The molecule has 0 heterocycles. The maximum absolute atomic E-state index is 12.2. The van der Waals surface area contributed by atoms with E-state index in [4.69, 9.17) is 10.5 Å². The second-order valence-corrected chi connectivity index (χ2v) is 7.66. The number of nitrogens with two attached hydrogens (primary N) is 1. The van der Waals surface area contributed by atoms with E-state index in [0.717, 1.165) is 12.8 Å². The van der Waals surface area contributed by atoms with Crippen LogP contribution >= 0.6 is 11.8 Å². The lowest BCUT2D eigenvalue weighted by Gasteiger charge is -2.14. The predicted octanol–water partition coefficient (Wildman–Crippen LogP) is 1.45. The average Bonchev–Trinajstić information content (AvgIpc) is 3.17. The smallest absolute Gasteiger partial charge is 0.240 e. The molecule has 0 atom stereocenters. The van der Waals surface area contributed by atoms with Gasteiger partial charge in [-0.1, -0.05) is 0 Å². The lowest BCUT2D eigenvalue weighted by Crippen LogP contribution is -2.31. The van der Waals surface area contributed by atoms with Crippen LogP contribution in [0.15, 0.2) is 23.1 Å². The zero-order valence-corrected chi connectivity index (χ0v) is 12.6. The van der Waals surface area contributed by atoms with E-state index >= 15 is 0 Å². The number of benzene rings is 1. The van der Waals surface area contributed by atoms with Gasteiger partial charge in [-0.3, -0.25) is 0 Å². The van der Waals surface area contributed by atoms with Crippen molar-refractivity contribution in [2.75, 3.05) is 25.6 Å². The Labute approximate surface area is 118 Å². The summed E-state index contributed by atoms with van der Waals surface area (Å²) in [5.41, 5.74) is 6.04. The Morgan fingerprint density at radius 2 is 2.16 bits per heavy atom. The summed E-state index contributed by atoms with van der Waals surface area (Å²) in [4.78, 5) is 0.169. The minimum Gasteiger partial charge on any atom is -0.495 e. The third kappa shape index (κ3) is 3.16. The van der Waals surface area contributed by atoms with Gasteiger partial charge in [-0.15, -0.1) is 0 Å². The van der Waals surface area contributed by atoms with E-state index in [0.29, 0.717) is 18.0 Å². The van der Waals surface area contributed by atoms with Crippen LogP contribution in [-0.4, -0.2) is 33.1 Å². The van der Waals surface area contributed by atoms with Gasteiger partial charge in [-0.05, 0) is 37.3 Å². The first kappa shape index (κ1) is 14.5. The van der Waals surface area contributed by atoms with E-state index in [9.17, 15) is 8.42 Å². The largest absolute Gasteiger partial charge is 0.495 e. The minimum absolute atomic E-state index is 0.0884. The monoisotopic (exact) mass is 302 g/mol. The molecule has 0 amide bonds. The van der Waals surface area contributed by atoms with Crippen molar-refractivity contribution in [3.8, 4) is 5.75 Å². The molecule has 0 spiro atoms. The number of hydrogen-bond acceptors (Lipinski definition) is 5. The van der Waals surface area contributed by atoms with Crippen molar-refractivity contribution in [3.63, 3.8) is 0 Å². The van der Waals surface area contributed by atoms with Gasteiger partial charge in [0, 0.05) is 11.3 Å². The normalized spacial score (nSPS) is 17.2. The maximum atomic E-state index is 12.2. The molecule has 0 radical (unpaired) electrons. The number of rotatable bonds is 6. The van der Waals surface area contributed by atoms with Gasteiger partial charge >= 0.3 is 0 Å². The molecule has 1 aliphatic rings. The second-order valence-electron chi connectivity index (χ2n) is 4.62. The number of methoxy groups -OCH3 is 1. The molecule has 0 unspecified atom stereocenters. The van der Waals surface area contributed by atoms with Crippen molar-refractivity contribution in [3.05, 3.63) is 18.2 Å². The van der Waals surface area contributed by atoms with E-state index in [-0.39, 0.29) is 9.64 Å². The summed E-state index contributed by atoms with van der Waals surface area (Å²) in [7, 11) is -2.02. The molecule has 0 bridgehead atoms. The Kier molecular flexibility index (Phi) is 3.98. The average molecular weight is 302 g/mol. The summed E-state index contributed by atoms with van der Waals surface area (Å²) >= 11 is 1.71. The standard InChI is InChI=1S/C12H18N2O3S2/c1-17-11-4-3-9(7-10(11)13)19(15,16)14-8-12(18-2)5-6-12/h3-4,7,14H,5-6,8,13H2,1-2H3. The Morgan fingerprint density at radius 3 is 2.63 bits per heavy atom. The SMILES string of the molecule is COc1ccc(S(=O)(=O)NCC2(SC)CC2)cc1N. The van der Waals surface area contributed by atoms with E-state index in [2.05, 4.69) is 4.72 Å². The molecule has 0 saturated heterocycles. The molecule has 7 heteroatoms. The fraction of sp³-hybridized carbons (Fsp3) is 0.500. The number of hydrogen-bond donors (Lipinski definition) is 2. The van der Waals surface area contributed by atoms with Gasteiger partial charge in [0.05, 0.1) is 17.7 Å². The third-order valence-electron chi connectivity index (χ3n) is 3.34. The molecule has 1 aromatic rings. The minimum atomic E-state index is -3.51. The highest BCUT2D eigenvalue weighted by atomic mass is 32.2. The highest BCUT2D eigenvalue weighted by Crippen LogP contribution is 2.46. The molecule has 19 heavy (non-hydrogen) atoms. The Morgan fingerprint density at radius 1 is 1.47 bits per heavy atom. The fourth-order valence-electron chi connectivity index (χ4n) is 1.78. The van der Waals surface area contributed by atoms with Crippen molar-refractivity contribution >= 4 is 27.5 Å². The van der Waals surface area contributed by atoms with Gasteiger partial charge in [0.2, 0.25) is 10.0 Å². The van der Waals surface area contributed by atoms with E-state index in [1.54, 1.807) is 17.8 Å². The summed E-state index contributed by atoms with van der Waals surface area (Å²) in [6.45, 7) is 0.461. The van der Waals surface area contributed by atoms with Crippen molar-refractivity contribution < 1.29 is 13.2 Å². The van der Waals surface area contributed by atoms with Crippen LogP contribution < -0.4 is 15.2 Å². The van der Waals surface area contributed by atoms with Gasteiger partial charge in [0.1, 0.15) is 5.75 Å². The number of thioether (sulfide) groups is 1. The quantitative estimate of drug-likeness (QED) is 0.777. The second kappa shape index (κ2) is 5.22. The Balaban J connectivity index is 2.13. The number of sulfonamides is 1. The van der Waals surface area contributed by atoms with Crippen molar-refractivity contribution in [1.82, 2.24) is 4.72 Å². The van der Waals surface area contributed by atoms with E-state index in [1.807, 2.05) is 6.26 Å². The van der Waals surface area contributed by atoms with Crippen molar-refractivity contribution in [2.24, 2.45) is 0 Å². The van der Waals surface area contributed by atoms with Gasteiger partial charge < -0.3 is 10.5 Å². The molecule has 0 aliphatic heterocycles. The topological polar surface area (TPSA) is 81.4 Å². The Hall–Kier alpha value is -0.920. The lowest BCUT2D eigenvalue weighted by molar-refractivity contribution is 0.416. The summed E-state index contributed by atoms with van der Waals surface area (Å²) in [6.07, 6.45) is 4.12. The number of ether oxygens (including phenoxy) is 1. The molecule has 106 valence electrons. The number of nitrogen functional groups attached to an aromatic ring is 1. The zero-order valence-electron chi connectivity index (χ0n) is 11.0. The predicted molar refractivity (Wildman–Crippen MR) is 78.1 cm³/mol. The first-order valence-corrected chi connectivity index (χ1v) is 8.62. The van der Waals surface area contributed by atoms with Crippen LogP contribution in [0.1, 0.15) is 12.8 Å². The van der Waals surface area contributed by atoms with Gasteiger partial charge in [0.15, 0.2) is 0 Å². The van der Waals surface area contributed by atoms with Crippen LogP contribution in [0.3, 0.4) is 0 Å². The van der Waals surface area contributed by atoms with Crippen LogP contribution in [0.2, 0.25) is 0 Å². The molecule has 1 fully saturated rings. The highest BCUT2D eigenvalue weighted by molar-refractivity contribution is 8.00. The summed E-state index contributed by atoms with van der Waals surface area (Å²) in [6, 6.07) is 4.47. The van der Waals surface area contributed by atoms with Crippen molar-refractivity contribution in [1.29, 1.82) is 0 Å². The van der Waals surface area contributed by atoms with Crippen LogP contribution in [-0.2, 0) is 10.0 Å². The van der Waals surface area contributed by atoms with E-state index < -0.39 is 10.0 Å². The molecule has 3 N–H and O–H groups in total. The van der Waals surface area contributed by atoms with Gasteiger partial charge in [-0.2, -0.15) is 11.8 Å². The number of anilines is 1. The Bertz CT molecular complexity index is 568. The summed E-state index contributed by atoms with van der Waals surface area (Å²) in [5.74, 6) is 0.474. The molecule has 1 aromatic carbocycles. The summed E-state index contributed by atoms with van der Waals surface area (Å²) < 4.78 is 32.1. The fourth-order valence-corrected chi connectivity index (χ4v) is 3.76. The van der Waals surface area contributed by atoms with Gasteiger partial charge in [0.25, 0.3) is 0 Å². The first-order valence-electron chi connectivity index (χ1n) is 5.91. The molecule has 1 saturated carbocycles. The van der Waals surface area contributed by atoms with E-state index in [1.165, 1.54) is 19.2 Å². The van der Waals surface area contributed by atoms with Crippen LogP contribution in [0.25, 0.3) is 0 Å². The van der Waals surface area contributed by atoms with Crippen LogP contribution in [0.4, 0.5) is 5.69 Å². The molecule has 5 nitrogen and oxygen atoms in total. The van der Waals surface area contributed by atoms with Crippen LogP contribution in [0.5, 0.6) is 5.75 Å². The summed E-state index contributed by atoms with van der Waals surface area (Å²) in [5, 5.41) is 0. The number of nitrogens with one attached hydrogen (secondary N) is 1. The lowest BCUT2D eigenvalue weighted by atomic mass is 10.3. The first-order chi connectivity index (χ1) is 8.92. The molecule has 2 rings (SSSR count). The van der Waals surface area contributed by atoms with Crippen LogP contribution in [0, 0.1) is 0 Å². The highest BCUT2D eigenvalue weighted by Gasteiger charge is 2.42. The molecular weight excluding hydrogens is 284 g/mol. The molecule has 1 aliphatic carbocycles. The molecular formula is C12H18N2O3S2. The zero-order chi connectivity index (χ0) is 14.1. The maximum Gasteiger partial charge on any atom is 0.240 e.